The predicted octanol–water partition coefficient (Wildman–Crippen LogP) is 15.7. The molecule has 71 heavy (non-hydrogen) atoms. The van der Waals surface area contributed by atoms with Crippen molar-refractivity contribution in [3.8, 4) is 50.7 Å². The molecule has 14 rings (SSSR count). The molecule has 9 aromatic carbocycles. The van der Waals surface area contributed by atoms with Gasteiger partial charge in [0.25, 0.3) is 11.4 Å². The summed E-state index contributed by atoms with van der Waals surface area (Å²) >= 11 is 0. The third-order valence-corrected chi connectivity index (χ3v) is 14.6. The van der Waals surface area contributed by atoms with E-state index in [1.807, 2.05) is 24.4 Å². The standard InChI is InChI=1S/C65H44N4O.Pt/c1-64(2,3)43-35-36-66-63(38-43)69-59-28-13-8-23-51(59)52-33-32-46(40-62(52)69)70-45-18-16-17-44(39-45)67-41-68(61-30-15-14-29-60(61)67)58-27-12-7-19-47(58)42-31-34-57-53(37-42)50-22-6-11-26-56(50)65(57)54-24-9-4-20-48(54)49-21-5-10-25-55(49)65;/h4-38H,1-3H3;/q;+2. The Balaban J connectivity index is 0.00000492. The Hall–Kier alpha value is -8.20. The first kappa shape index (κ1) is 42.9. The maximum atomic E-state index is 6.65. The molecule has 0 amide bonds. The Morgan fingerprint density at radius 3 is 1.82 bits per heavy atom. The predicted molar refractivity (Wildman–Crippen MR) is 284 cm³/mol. The van der Waals surface area contributed by atoms with Crippen LogP contribution >= 0.6 is 0 Å². The van der Waals surface area contributed by atoms with Gasteiger partial charge in [0.2, 0.25) is 5.69 Å². The summed E-state index contributed by atoms with van der Waals surface area (Å²) in [5, 5.41) is 2.22. The van der Waals surface area contributed by atoms with Gasteiger partial charge in [0.1, 0.15) is 11.5 Å². The molecule has 0 bridgehead atoms. The Labute approximate surface area is 427 Å². The minimum absolute atomic E-state index is 0. The topological polar surface area (TPSA) is 33.1 Å². The van der Waals surface area contributed by atoms with Crippen LogP contribution < -0.4 is 13.9 Å². The number of rotatable bonds is 6. The Kier molecular flexibility index (Phi) is 9.77. The van der Waals surface area contributed by atoms with Crippen LogP contribution in [0.5, 0.6) is 11.5 Å². The molecule has 0 atom stereocenters. The molecule has 2 aromatic heterocycles. The van der Waals surface area contributed by atoms with Gasteiger partial charge in [-0.05, 0) is 101 Å². The molecule has 338 valence electrons. The van der Waals surface area contributed by atoms with Crippen molar-refractivity contribution >= 4 is 50.6 Å². The summed E-state index contributed by atoms with van der Waals surface area (Å²) in [6, 6.07) is 85.0. The summed E-state index contributed by atoms with van der Waals surface area (Å²) in [6.07, 6.45) is 1.90. The molecule has 0 radical (unpaired) electrons. The second kappa shape index (κ2) is 16.2. The molecule has 1 spiro atoms. The molecule has 1 aliphatic heterocycles. The molecule has 2 aliphatic carbocycles. The smallest absolute Gasteiger partial charge is 0.509 e. The van der Waals surface area contributed by atoms with E-state index >= 15 is 0 Å². The first-order valence-electron chi connectivity index (χ1n) is 24.0. The van der Waals surface area contributed by atoms with Gasteiger partial charge in [0.15, 0.2) is 0 Å². The Morgan fingerprint density at radius 1 is 0.507 bits per heavy atom. The van der Waals surface area contributed by atoms with Gasteiger partial charge in [-0.1, -0.05) is 170 Å². The zero-order chi connectivity index (χ0) is 46.7. The molecule has 5 nitrogen and oxygen atoms in total. The zero-order valence-electron chi connectivity index (χ0n) is 39.2. The number of nitrogens with zero attached hydrogens (tertiary/aromatic N) is 4. The van der Waals surface area contributed by atoms with Crippen molar-refractivity contribution in [3.05, 3.63) is 252 Å². The van der Waals surface area contributed by atoms with Gasteiger partial charge in [0, 0.05) is 41.4 Å². The maximum Gasteiger partial charge on any atom is 2.00 e. The molecule has 0 saturated heterocycles. The maximum absolute atomic E-state index is 6.65. The first-order valence-corrected chi connectivity index (χ1v) is 24.0. The van der Waals surface area contributed by atoms with Crippen molar-refractivity contribution in [1.82, 2.24) is 18.7 Å². The Bertz CT molecular complexity index is 4050. The van der Waals surface area contributed by atoms with Crippen LogP contribution in [0.3, 0.4) is 0 Å². The van der Waals surface area contributed by atoms with Crippen molar-refractivity contribution in [3.63, 3.8) is 0 Å². The summed E-state index contributed by atoms with van der Waals surface area (Å²) in [5.74, 6) is 2.01. The fraction of sp³-hybridized carbons (Fsp3) is 0.0769. The molecular weight excluding hydrogens is 1050 g/mol. The largest absolute Gasteiger partial charge is 2.00 e. The van der Waals surface area contributed by atoms with Gasteiger partial charge >= 0.3 is 27.1 Å². The number of pyridine rings is 1. The average Bonchev–Trinajstić information content (AvgIpc) is 4.13. The van der Waals surface area contributed by atoms with Crippen LogP contribution in [0.1, 0.15) is 48.6 Å². The number of hydrogen-bond acceptors (Lipinski definition) is 2. The van der Waals surface area contributed by atoms with Crippen LogP contribution in [0.2, 0.25) is 0 Å². The van der Waals surface area contributed by atoms with Crippen molar-refractivity contribution in [1.29, 1.82) is 0 Å². The number of fused-ring (bicyclic) bond motifs is 14. The van der Waals surface area contributed by atoms with Crippen LogP contribution in [0, 0.1) is 12.1 Å². The third-order valence-electron chi connectivity index (χ3n) is 14.6. The van der Waals surface area contributed by atoms with Crippen LogP contribution in [0.15, 0.2) is 212 Å². The minimum Gasteiger partial charge on any atom is -0.509 e. The van der Waals surface area contributed by atoms with E-state index in [-0.39, 0.29) is 31.9 Å². The zero-order valence-corrected chi connectivity index (χ0v) is 41.5. The van der Waals surface area contributed by atoms with Crippen molar-refractivity contribution in [2.45, 2.75) is 31.6 Å². The molecule has 3 aliphatic rings. The summed E-state index contributed by atoms with van der Waals surface area (Å²) in [6.45, 7) is 6.68. The van der Waals surface area contributed by atoms with Gasteiger partial charge in [-0.3, -0.25) is 0 Å². The first-order chi connectivity index (χ1) is 34.3. The molecule has 0 N–H and O–H groups in total. The van der Waals surface area contributed by atoms with Gasteiger partial charge in [-0.2, -0.15) is 12.1 Å². The number of ether oxygens (including phenoxy) is 1. The van der Waals surface area contributed by atoms with Crippen LogP contribution in [-0.2, 0) is 31.9 Å². The molecule has 0 saturated carbocycles. The minimum atomic E-state index is -0.386. The van der Waals surface area contributed by atoms with Gasteiger partial charge in [-0.15, -0.1) is 23.6 Å². The molecule has 11 aromatic rings. The van der Waals surface area contributed by atoms with Crippen LogP contribution in [0.4, 0.5) is 22.7 Å². The van der Waals surface area contributed by atoms with Crippen LogP contribution in [-0.4, -0.2) is 15.6 Å². The number of benzene rings is 9. The summed E-state index contributed by atoms with van der Waals surface area (Å²) in [7, 11) is 0. The van der Waals surface area contributed by atoms with E-state index in [1.54, 1.807) is 0 Å². The molecule has 0 fully saturated rings. The average molecular weight is 1090 g/mol. The second-order valence-electron chi connectivity index (χ2n) is 19.5. The SMILES string of the molecule is CC(C)(C)c1ccnc(-n2c3[c-]c(Oc4[c-]c([N+]5=C=[N+](c6ccccc6-c6ccc7c(c6)-c6ccccc6C76c7ccccc7-c7ccccc76)c6ccccc65)ccc4)ccc3c3ccccc32)c1.[Pt+2]. The van der Waals surface area contributed by atoms with E-state index in [0.717, 1.165) is 61.5 Å². The molecule has 3 heterocycles. The molecule has 0 unspecified atom stereocenters. The van der Waals surface area contributed by atoms with Crippen molar-refractivity contribution in [2.75, 3.05) is 0 Å². The van der Waals surface area contributed by atoms with Crippen molar-refractivity contribution < 1.29 is 25.8 Å². The van der Waals surface area contributed by atoms with E-state index in [2.05, 4.69) is 241 Å². The van der Waals surface area contributed by atoms with E-state index in [1.165, 1.54) is 50.1 Å². The van der Waals surface area contributed by atoms with Crippen LogP contribution in [0.25, 0.3) is 61.0 Å². The summed E-state index contributed by atoms with van der Waals surface area (Å²) in [5.41, 5.74) is 19.4. The summed E-state index contributed by atoms with van der Waals surface area (Å²) in [4.78, 5) is 4.86. The quantitative estimate of drug-likeness (QED) is 0.123. The third kappa shape index (κ3) is 6.40. The fourth-order valence-corrected chi connectivity index (χ4v) is 11.5. The second-order valence-corrected chi connectivity index (χ2v) is 19.5. The number of para-hydroxylation sites is 4. The van der Waals surface area contributed by atoms with Gasteiger partial charge in [-0.25, -0.2) is 4.98 Å². The van der Waals surface area contributed by atoms with Gasteiger partial charge < -0.3 is 9.30 Å². The molecular formula is C65H44N4OPt+2. The van der Waals surface area contributed by atoms with E-state index in [4.69, 9.17) is 9.72 Å². The fourth-order valence-electron chi connectivity index (χ4n) is 11.5. The van der Waals surface area contributed by atoms with Crippen molar-refractivity contribution in [2.24, 2.45) is 0 Å². The Morgan fingerprint density at radius 2 is 1.10 bits per heavy atom. The number of hydrogen-bond donors (Lipinski definition) is 0. The monoisotopic (exact) mass is 1090 g/mol. The van der Waals surface area contributed by atoms with E-state index < -0.39 is 0 Å². The van der Waals surface area contributed by atoms with E-state index in [9.17, 15) is 0 Å². The normalized spacial score (nSPS) is 13.5. The van der Waals surface area contributed by atoms with Gasteiger partial charge in [0.05, 0.1) is 11.0 Å². The van der Waals surface area contributed by atoms with E-state index in [0.29, 0.717) is 11.5 Å². The number of aromatic nitrogens is 2. The summed E-state index contributed by atoms with van der Waals surface area (Å²) < 4.78 is 13.1. The molecule has 6 heteroatoms.